The number of nitrogens with zero attached hydrogens (tertiary/aromatic N) is 1. The SMILES string of the molecule is NCc1ccc(C2CCCc3cccnc32)c(Cl)c1. The molecule has 3 heteroatoms. The van der Waals surface area contributed by atoms with Gasteiger partial charge in [-0.25, -0.2) is 0 Å². The fraction of sp³-hybridized carbons (Fsp3) is 0.312. The van der Waals surface area contributed by atoms with E-state index in [2.05, 4.69) is 23.2 Å². The number of benzene rings is 1. The van der Waals surface area contributed by atoms with Crippen molar-refractivity contribution in [3.8, 4) is 0 Å². The van der Waals surface area contributed by atoms with Gasteiger partial charge in [0, 0.05) is 23.7 Å². The molecular weight excluding hydrogens is 256 g/mol. The Morgan fingerprint density at radius 3 is 3.00 bits per heavy atom. The summed E-state index contributed by atoms with van der Waals surface area (Å²) in [5.74, 6) is 0.323. The number of halogens is 1. The lowest BCUT2D eigenvalue weighted by atomic mass is 9.82. The number of rotatable bonds is 2. The second kappa shape index (κ2) is 5.32. The van der Waals surface area contributed by atoms with Gasteiger partial charge >= 0.3 is 0 Å². The zero-order valence-electron chi connectivity index (χ0n) is 10.8. The van der Waals surface area contributed by atoms with Crippen LogP contribution in [-0.4, -0.2) is 4.98 Å². The minimum Gasteiger partial charge on any atom is -0.326 e. The maximum atomic E-state index is 6.42. The van der Waals surface area contributed by atoms with E-state index >= 15 is 0 Å². The van der Waals surface area contributed by atoms with E-state index in [1.807, 2.05) is 18.3 Å². The molecule has 1 unspecified atom stereocenters. The summed E-state index contributed by atoms with van der Waals surface area (Å²) in [4.78, 5) is 4.58. The predicted molar refractivity (Wildman–Crippen MR) is 78.4 cm³/mol. The van der Waals surface area contributed by atoms with E-state index < -0.39 is 0 Å². The normalized spacial score (nSPS) is 18.1. The number of pyridine rings is 1. The average molecular weight is 273 g/mol. The fourth-order valence-electron chi connectivity index (χ4n) is 2.89. The van der Waals surface area contributed by atoms with Crippen molar-refractivity contribution in [1.29, 1.82) is 0 Å². The Morgan fingerprint density at radius 1 is 1.32 bits per heavy atom. The van der Waals surface area contributed by atoms with Crippen LogP contribution in [0.15, 0.2) is 36.5 Å². The molecule has 1 aliphatic carbocycles. The molecule has 0 bridgehead atoms. The van der Waals surface area contributed by atoms with E-state index in [1.165, 1.54) is 23.2 Å². The van der Waals surface area contributed by atoms with Crippen molar-refractivity contribution in [3.63, 3.8) is 0 Å². The molecule has 2 N–H and O–H groups in total. The van der Waals surface area contributed by atoms with Crippen LogP contribution in [0, 0.1) is 0 Å². The second-order valence-electron chi connectivity index (χ2n) is 5.05. The highest BCUT2D eigenvalue weighted by Gasteiger charge is 2.24. The molecule has 3 rings (SSSR count). The minimum absolute atomic E-state index is 0.323. The van der Waals surface area contributed by atoms with Gasteiger partial charge in [-0.2, -0.15) is 0 Å². The fourth-order valence-corrected chi connectivity index (χ4v) is 3.23. The Bertz CT molecular complexity index is 595. The molecular formula is C16H17ClN2. The first-order chi connectivity index (χ1) is 9.29. The molecule has 0 saturated carbocycles. The van der Waals surface area contributed by atoms with Crippen molar-refractivity contribution >= 4 is 11.6 Å². The van der Waals surface area contributed by atoms with E-state index in [0.29, 0.717) is 12.5 Å². The van der Waals surface area contributed by atoms with Gasteiger partial charge in [-0.05, 0) is 48.1 Å². The molecule has 0 spiro atoms. The molecule has 1 aliphatic rings. The molecule has 1 aromatic heterocycles. The summed E-state index contributed by atoms with van der Waals surface area (Å²) in [7, 11) is 0. The number of nitrogens with two attached hydrogens (primary N) is 1. The largest absolute Gasteiger partial charge is 0.326 e. The van der Waals surface area contributed by atoms with E-state index in [-0.39, 0.29) is 0 Å². The van der Waals surface area contributed by atoms with Crippen LogP contribution in [0.1, 0.15) is 41.1 Å². The van der Waals surface area contributed by atoms with Crippen LogP contribution in [0.4, 0.5) is 0 Å². The number of hydrogen-bond acceptors (Lipinski definition) is 2. The zero-order valence-corrected chi connectivity index (χ0v) is 11.5. The highest BCUT2D eigenvalue weighted by atomic mass is 35.5. The monoisotopic (exact) mass is 272 g/mol. The number of aryl methyl sites for hydroxylation is 1. The van der Waals surface area contributed by atoms with Gasteiger partial charge in [0.1, 0.15) is 0 Å². The van der Waals surface area contributed by atoms with E-state index in [4.69, 9.17) is 17.3 Å². The summed E-state index contributed by atoms with van der Waals surface area (Å²) in [5, 5.41) is 0.812. The van der Waals surface area contributed by atoms with Crippen molar-refractivity contribution < 1.29 is 0 Å². The lowest BCUT2D eigenvalue weighted by Crippen LogP contribution is -2.13. The van der Waals surface area contributed by atoms with Crippen LogP contribution in [0.3, 0.4) is 0 Å². The third-order valence-electron chi connectivity index (χ3n) is 3.87. The van der Waals surface area contributed by atoms with Gasteiger partial charge in [-0.3, -0.25) is 4.98 Å². The summed E-state index contributed by atoms with van der Waals surface area (Å²) >= 11 is 6.42. The lowest BCUT2D eigenvalue weighted by molar-refractivity contribution is 0.598. The van der Waals surface area contributed by atoms with Crippen LogP contribution < -0.4 is 5.73 Å². The standard InChI is InChI=1S/C16H17ClN2/c17-15-9-11(10-18)6-7-13(15)14-5-1-3-12-4-2-8-19-16(12)14/h2,4,6-9,14H,1,3,5,10,18H2. The topological polar surface area (TPSA) is 38.9 Å². The quantitative estimate of drug-likeness (QED) is 0.906. The summed E-state index contributed by atoms with van der Waals surface area (Å²) in [5.41, 5.74) is 10.5. The van der Waals surface area contributed by atoms with Crippen molar-refractivity contribution in [2.45, 2.75) is 31.7 Å². The Hall–Kier alpha value is -1.38. The maximum absolute atomic E-state index is 6.42. The van der Waals surface area contributed by atoms with Crippen molar-refractivity contribution in [2.24, 2.45) is 5.73 Å². The Balaban J connectivity index is 2.04. The number of fused-ring (bicyclic) bond motifs is 1. The van der Waals surface area contributed by atoms with Gasteiger partial charge in [0.25, 0.3) is 0 Å². The van der Waals surface area contributed by atoms with Crippen LogP contribution in [0.2, 0.25) is 5.02 Å². The molecule has 19 heavy (non-hydrogen) atoms. The van der Waals surface area contributed by atoms with Crippen LogP contribution in [0.5, 0.6) is 0 Å². The summed E-state index contributed by atoms with van der Waals surface area (Å²) in [6.45, 7) is 0.527. The van der Waals surface area contributed by atoms with Crippen LogP contribution in [0.25, 0.3) is 0 Å². The van der Waals surface area contributed by atoms with Gasteiger partial charge in [-0.1, -0.05) is 29.8 Å². The first-order valence-electron chi connectivity index (χ1n) is 6.72. The number of hydrogen-bond donors (Lipinski definition) is 1. The maximum Gasteiger partial charge on any atom is 0.0510 e. The Morgan fingerprint density at radius 2 is 2.21 bits per heavy atom. The van der Waals surface area contributed by atoms with Crippen molar-refractivity contribution in [2.75, 3.05) is 0 Å². The molecule has 0 amide bonds. The average Bonchev–Trinajstić information content (AvgIpc) is 2.46. The molecule has 2 nitrogen and oxygen atoms in total. The molecule has 0 radical (unpaired) electrons. The third kappa shape index (κ3) is 2.38. The van der Waals surface area contributed by atoms with Gasteiger partial charge in [0.15, 0.2) is 0 Å². The summed E-state index contributed by atoms with van der Waals surface area (Å²) in [6, 6.07) is 10.3. The molecule has 1 aromatic carbocycles. The van der Waals surface area contributed by atoms with Crippen molar-refractivity contribution in [1.82, 2.24) is 4.98 Å². The first kappa shape index (κ1) is 12.6. The van der Waals surface area contributed by atoms with E-state index in [9.17, 15) is 0 Å². The minimum atomic E-state index is 0.323. The highest BCUT2D eigenvalue weighted by Crippen LogP contribution is 2.38. The summed E-state index contributed by atoms with van der Waals surface area (Å²) < 4.78 is 0. The van der Waals surface area contributed by atoms with Crippen LogP contribution >= 0.6 is 11.6 Å². The predicted octanol–water partition coefficient (Wildman–Crippen LogP) is 3.66. The van der Waals surface area contributed by atoms with Gasteiger partial charge in [-0.15, -0.1) is 0 Å². The Kier molecular flexibility index (Phi) is 3.54. The van der Waals surface area contributed by atoms with Crippen LogP contribution in [-0.2, 0) is 13.0 Å². The Labute approximate surface area is 118 Å². The highest BCUT2D eigenvalue weighted by molar-refractivity contribution is 6.31. The van der Waals surface area contributed by atoms with Gasteiger partial charge in [0.05, 0.1) is 5.69 Å². The summed E-state index contributed by atoms with van der Waals surface area (Å²) in [6.07, 6.45) is 5.31. The number of aromatic nitrogens is 1. The molecule has 0 fully saturated rings. The second-order valence-corrected chi connectivity index (χ2v) is 5.46. The molecule has 1 heterocycles. The van der Waals surface area contributed by atoms with Gasteiger partial charge in [0.2, 0.25) is 0 Å². The first-order valence-corrected chi connectivity index (χ1v) is 7.09. The molecule has 1 atom stereocenters. The third-order valence-corrected chi connectivity index (χ3v) is 4.20. The lowest BCUT2D eigenvalue weighted by Gasteiger charge is -2.25. The molecule has 0 saturated heterocycles. The van der Waals surface area contributed by atoms with E-state index in [1.54, 1.807) is 0 Å². The molecule has 2 aromatic rings. The van der Waals surface area contributed by atoms with E-state index in [0.717, 1.165) is 23.4 Å². The van der Waals surface area contributed by atoms with Gasteiger partial charge < -0.3 is 5.73 Å². The molecule has 98 valence electrons. The smallest absolute Gasteiger partial charge is 0.0510 e. The molecule has 0 aliphatic heterocycles. The van der Waals surface area contributed by atoms with Crippen molar-refractivity contribution in [3.05, 3.63) is 63.9 Å². The zero-order chi connectivity index (χ0) is 13.2.